The van der Waals surface area contributed by atoms with E-state index in [1.807, 2.05) is 6.07 Å². The molecule has 3 aromatic rings. The lowest BCUT2D eigenvalue weighted by molar-refractivity contribution is -0.137. The van der Waals surface area contributed by atoms with Crippen LogP contribution in [0.4, 0.5) is 13.2 Å². The zero-order chi connectivity index (χ0) is 17.2. The SMILES string of the molecule is O=C(NCc1cccc(C(F)(F)F)c1)c1cnc2ccccc2n1. The Hall–Kier alpha value is -2.96. The van der Waals surface area contributed by atoms with Gasteiger partial charge in [0.15, 0.2) is 0 Å². The van der Waals surface area contributed by atoms with Gasteiger partial charge in [0.2, 0.25) is 0 Å². The molecule has 2 aromatic carbocycles. The Bertz CT molecular complexity index is 893. The minimum atomic E-state index is -4.41. The number of nitrogens with zero attached hydrogens (tertiary/aromatic N) is 2. The predicted molar refractivity (Wildman–Crippen MR) is 82.2 cm³/mol. The molecule has 0 unspecified atom stereocenters. The number of rotatable bonds is 3. The van der Waals surface area contributed by atoms with Gasteiger partial charge < -0.3 is 5.32 Å². The average Bonchev–Trinajstić information content (AvgIpc) is 2.59. The van der Waals surface area contributed by atoms with Crippen LogP contribution in [-0.2, 0) is 12.7 Å². The number of alkyl halides is 3. The fourth-order valence-electron chi connectivity index (χ4n) is 2.20. The fraction of sp³-hybridized carbons (Fsp3) is 0.118. The van der Waals surface area contributed by atoms with E-state index < -0.39 is 17.6 Å². The van der Waals surface area contributed by atoms with Crippen LogP contribution in [0.2, 0.25) is 0 Å². The Labute approximate surface area is 135 Å². The van der Waals surface area contributed by atoms with Crippen molar-refractivity contribution in [1.82, 2.24) is 15.3 Å². The number of amides is 1. The molecule has 0 saturated carbocycles. The van der Waals surface area contributed by atoms with Crippen molar-refractivity contribution >= 4 is 16.9 Å². The second-order valence-electron chi connectivity index (χ2n) is 5.12. The largest absolute Gasteiger partial charge is 0.416 e. The predicted octanol–water partition coefficient (Wildman–Crippen LogP) is 3.58. The zero-order valence-electron chi connectivity index (χ0n) is 12.3. The van der Waals surface area contributed by atoms with E-state index in [1.165, 1.54) is 18.3 Å². The van der Waals surface area contributed by atoms with Crippen molar-refractivity contribution in [3.63, 3.8) is 0 Å². The van der Waals surface area contributed by atoms with Crippen molar-refractivity contribution in [2.75, 3.05) is 0 Å². The second-order valence-corrected chi connectivity index (χ2v) is 5.12. The number of benzene rings is 2. The van der Waals surface area contributed by atoms with Crippen molar-refractivity contribution in [1.29, 1.82) is 0 Å². The van der Waals surface area contributed by atoms with Crippen LogP contribution in [0.5, 0.6) is 0 Å². The number of hydrogen-bond donors (Lipinski definition) is 1. The molecular weight excluding hydrogens is 319 g/mol. The lowest BCUT2D eigenvalue weighted by atomic mass is 10.1. The van der Waals surface area contributed by atoms with Crippen LogP contribution >= 0.6 is 0 Å². The maximum absolute atomic E-state index is 12.7. The summed E-state index contributed by atoms with van der Waals surface area (Å²) in [6.07, 6.45) is -3.08. The van der Waals surface area contributed by atoms with Crippen molar-refractivity contribution in [3.8, 4) is 0 Å². The topological polar surface area (TPSA) is 54.9 Å². The first-order chi connectivity index (χ1) is 11.4. The number of carbonyl (C=O) groups excluding carboxylic acids is 1. The van der Waals surface area contributed by atoms with Gasteiger partial charge in [-0.15, -0.1) is 0 Å². The fourth-order valence-corrected chi connectivity index (χ4v) is 2.20. The van der Waals surface area contributed by atoms with E-state index in [9.17, 15) is 18.0 Å². The van der Waals surface area contributed by atoms with Crippen LogP contribution in [0.3, 0.4) is 0 Å². The first kappa shape index (κ1) is 15.9. The molecule has 1 heterocycles. The summed E-state index contributed by atoms with van der Waals surface area (Å²) in [6, 6.07) is 11.9. The van der Waals surface area contributed by atoms with Crippen LogP contribution in [0, 0.1) is 0 Å². The molecule has 0 spiro atoms. The van der Waals surface area contributed by atoms with E-state index in [4.69, 9.17) is 0 Å². The van der Waals surface area contributed by atoms with E-state index in [0.717, 1.165) is 12.1 Å². The molecule has 0 bridgehead atoms. The number of para-hydroxylation sites is 2. The van der Waals surface area contributed by atoms with Gasteiger partial charge in [0, 0.05) is 6.54 Å². The molecule has 3 rings (SSSR count). The molecule has 0 radical (unpaired) electrons. The minimum absolute atomic E-state index is 0.0305. The molecule has 1 aromatic heterocycles. The molecule has 0 aliphatic carbocycles. The number of halogens is 3. The van der Waals surface area contributed by atoms with Gasteiger partial charge in [0.25, 0.3) is 5.91 Å². The average molecular weight is 331 g/mol. The quantitative estimate of drug-likeness (QED) is 0.798. The zero-order valence-corrected chi connectivity index (χ0v) is 12.3. The van der Waals surface area contributed by atoms with Gasteiger partial charge in [-0.05, 0) is 29.8 Å². The summed E-state index contributed by atoms with van der Waals surface area (Å²) in [6.45, 7) is -0.0305. The van der Waals surface area contributed by atoms with E-state index >= 15 is 0 Å². The van der Waals surface area contributed by atoms with Gasteiger partial charge >= 0.3 is 6.18 Å². The summed E-state index contributed by atoms with van der Waals surface area (Å²) in [5, 5.41) is 2.55. The highest BCUT2D eigenvalue weighted by Gasteiger charge is 2.30. The Morgan fingerprint density at radius 3 is 2.54 bits per heavy atom. The molecular formula is C17H12F3N3O. The number of hydrogen-bond acceptors (Lipinski definition) is 3. The summed E-state index contributed by atoms with van der Waals surface area (Å²) in [5.41, 5.74) is 0.948. The van der Waals surface area contributed by atoms with Crippen LogP contribution in [0.15, 0.2) is 54.7 Å². The second kappa shape index (κ2) is 6.27. The number of carbonyl (C=O) groups is 1. The van der Waals surface area contributed by atoms with Gasteiger partial charge in [-0.1, -0.05) is 24.3 Å². The number of aromatic nitrogens is 2. The summed E-state index contributed by atoms with van der Waals surface area (Å²) in [4.78, 5) is 20.4. The monoisotopic (exact) mass is 331 g/mol. The van der Waals surface area contributed by atoms with E-state index in [1.54, 1.807) is 18.2 Å². The maximum Gasteiger partial charge on any atom is 0.416 e. The Morgan fingerprint density at radius 2 is 1.79 bits per heavy atom. The molecule has 4 nitrogen and oxygen atoms in total. The third-order valence-corrected chi connectivity index (χ3v) is 3.39. The van der Waals surface area contributed by atoms with Crippen LogP contribution in [0.25, 0.3) is 11.0 Å². The van der Waals surface area contributed by atoms with Crippen LogP contribution in [-0.4, -0.2) is 15.9 Å². The van der Waals surface area contributed by atoms with Crippen molar-refractivity contribution in [2.45, 2.75) is 12.7 Å². The summed E-state index contributed by atoms with van der Waals surface area (Å²) >= 11 is 0. The highest BCUT2D eigenvalue weighted by Crippen LogP contribution is 2.29. The maximum atomic E-state index is 12.7. The molecule has 0 aliphatic rings. The van der Waals surface area contributed by atoms with Crippen molar-refractivity contribution in [2.24, 2.45) is 0 Å². The lowest BCUT2D eigenvalue weighted by Gasteiger charge is -2.09. The molecule has 122 valence electrons. The van der Waals surface area contributed by atoms with Crippen molar-refractivity contribution in [3.05, 3.63) is 71.5 Å². The van der Waals surface area contributed by atoms with Gasteiger partial charge in [0.1, 0.15) is 5.69 Å². The first-order valence-electron chi connectivity index (χ1n) is 7.09. The third kappa shape index (κ3) is 3.51. The normalized spacial score (nSPS) is 11.5. The Balaban J connectivity index is 1.73. The van der Waals surface area contributed by atoms with Gasteiger partial charge in [-0.25, -0.2) is 4.98 Å². The van der Waals surface area contributed by atoms with Crippen LogP contribution in [0.1, 0.15) is 21.6 Å². The minimum Gasteiger partial charge on any atom is -0.347 e. The summed E-state index contributed by atoms with van der Waals surface area (Å²) < 4.78 is 38.0. The molecule has 24 heavy (non-hydrogen) atoms. The standard InChI is InChI=1S/C17H12F3N3O/c18-17(19,20)12-5-3-4-11(8-12)9-22-16(24)15-10-21-13-6-1-2-7-14(13)23-15/h1-8,10H,9H2,(H,22,24). The first-order valence-corrected chi connectivity index (χ1v) is 7.09. The van der Waals surface area contributed by atoms with Gasteiger partial charge in [-0.2, -0.15) is 13.2 Å². The molecule has 1 amide bonds. The van der Waals surface area contributed by atoms with E-state index in [0.29, 0.717) is 16.6 Å². The molecule has 0 saturated heterocycles. The van der Waals surface area contributed by atoms with Crippen molar-refractivity contribution < 1.29 is 18.0 Å². The summed E-state index contributed by atoms with van der Waals surface area (Å²) in [5.74, 6) is -0.495. The smallest absolute Gasteiger partial charge is 0.347 e. The molecule has 0 atom stereocenters. The van der Waals surface area contributed by atoms with Crippen LogP contribution < -0.4 is 5.32 Å². The number of fused-ring (bicyclic) bond motifs is 1. The third-order valence-electron chi connectivity index (χ3n) is 3.39. The lowest BCUT2D eigenvalue weighted by Crippen LogP contribution is -2.24. The summed E-state index contributed by atoms with van der Waals surface area (Å²) in [7, 11) is 0. The molecule has 0 fully saturated rings. The molecule has 0 aliphatic heterocycles. The highest BCUT2D eigenvalue weighted by molar-refractivity contribution is 5.93. The Kier molecular flexibility index (Phi) is 4.16. The Morgan fingerprint density at radius 1 is 1.04 bits per heavy atom. The van der Waals surface area contributed by atoms with E-state index in [2.05, 4.69) is 15.3 Å². The molecule has 1 N–H and O–H groups in total. The highest BCUT2D eigenvalue weighted by atomic mass is 19.4. The van der Waals surface area contributed by atoms with E-state index in [-0.39, 0.29) is 12.2 Å². The van der Waals surface area contributed by atoms with Gasteiger partial charge in [0.05, 0.1) is 22.8 Å². The molecule has 7 heteroatoms. The number of nitrogens with one attached hydrogen (secondary N) is 1. The van der Waals surface area contributed by atoms with Gasteiger partial charge in [-0.3, -0.25) is 9.78 Å².